The highest BCUT2D eigenvalue weighted by atomic mass is 35.5. The topological polar surface area (TPSA) is 86.9 Å². The lowest BCUT2D eigenvalue weighted by molar-refractivity contribution is 0.0936. The number of hydrogen-bond acceptors (Lipinski definition) is 5. The molecule has 1 unspecified atom stereocenters. The summed E-state index contributed by atoms with van der Waals surface area (Å²) < 4.78 is 1.16. The number of amides is 1. The van der Waals surface area contributed by atoms with Crippen LogP contribution in [0.25, 0.3) is 5.65 Å². The molecular formula is C16H19ClN4O3. The Balaban J connectivity index is 1.85. The van der Waals surface area contributed by atoms with E-state index < -0.39 is 17.3 Å². The van der Waals surface area contributed by atoms with Crippen LogP contribution in [-0.4, -0.2) is 51.0 Å². The van der Waals surface area contributed by atoms with Gasteiger partial charge in [0.2, 0.25) is 5.88 Å². The molecule has 8 heteroatoms. The molecule has 1 saturated heterocycles. The van der Waals surface area contributed by atoms with E-state index in [2.05, 4.69) is 22.1 Å². The van der Waals surface area contributed by atoms with Gasteiger partial charge in [-0.25, -0.2) is 0 Å². The molecule has 1 amide bonds. The van der Waals surface area contributed by atoms with Crippen molar-refractivity contribution in [2.75, 3.05) is 19.6 Å². The Kier molecular flexibility index (Phi) is 4.73. The first kappa shape index (κ1) is 16.7. The van der Waals surface area contributed by atoms with E-state index in [1.165, 1.54) is 12.3 Å². The second-order valence-corrected chi connectivity index (χ2v) is 6.26. The van der Waals surface area contributed by atoms with Gasteiger partial charge < -0.3 is 10.4 Å². The van der Waals surface area contributed by atoms with Crippen molar-refractivity contribution in [1.82, 2.24) is 19.6 Å². The highest BCUT2D eigenvalue weighted by molar-refractivity contribution is 6.30. The Labute approximate surface area is 143 Å². The molecule has 0 radical (unpaired) electrons. The lowest BCUT2D eigenvalue weighted by Gasteiger charge is -2.22. The fourth-order valence-corrected chi connectivity index (χ4v) is 3.30. The van der Waals surface area contributed by atoms with Gasteiger partial charge in [-0.1, -0.05) is 18.5 Å². The molecule has 0 bridgehead atoms. The maximum atomic E-state index is 12.5. The van der Waals surface area contributed by atoms with E-state index in [0.717, 1.165) is 30.3 Å². The first-order valence-electron chi connectivity index (χ1n) is 7.94. The highest BCUT2D eigenvalue weighted by Gasteiger charge is 2.25. The van der Waals surface area contributed by atoms with Crippen molar-refractivity contribution in [3.8, 4) is 5.88 Å². The Bertz CT molecular complexity index is 836. The van der Waals surface area contributed by atoms with Crippen LogP contribution in [0.1, 0.15) is 30.1 Å². The van der Waals surface area contributed by atoms with E-state index in [1.54, 1.807) is 6.07 Å². The summed E-state index contributed by atoms with van der Waals surface area (Å²) in [7, 11) is 0. The van der Waals surface area contributed by atoms with Crippen LogP contribution in [0, 0.1) is 0 Å². The minimum Gasteiger partial charge on any atom is -0.493 e. The highest BCUT2D eigenvalue weighted by Crippen LogP contribution is 2.17. The van der Waals surface area contributed by atoms with E-state index >= 15 is 0 Å². The molecular weight excluding hydrogens is 332 g/mol. The number of carbonyl (C=O) groups is 1. The molecule has 3 heterocycles. The molecule has 2 aromatic rings. The number of likely N-dealkylation sites (tertiary alicyclic amines) is 1. The summed E-state index contributed by atoms with van der Waals surface area (Å²) in [6.45, 7) is 4.45. The molecule has 1 atom stereocenters. The van der Waals surface area contributed by atoms with Crippen molar-refractivity contribution in [3.05, 3.63) is 39.3 Å². The van der Waals surface area contributed by atoms with Crippen molar-refractivity contribution in [2.24, 2.45) is 0 Å². The number of halogens is 1. The van der Waals surface area contributed by atoms with Crippen LogP contribution in [0.15, 0.2) is 23.1 Å². The monoisotopic (exact) mass is 350 g/mol. The Morgan fingerprint density at radius 1 is 1.50 bits per heavy atom. The van der Waals surface area contributed by atoms with Crippen LogP contribution in [0.3, 0.4) is 0 Å². The zero-order valence-corrected chi connectivity index (χ0v) is 14.1. The Hall–Kier alpha value is -2.12. The molecule has 7 nitrogen and oxygen atoms in total. The lowest BCUT2D eigenvalue weighted by Crippen LogP contribution is -2.41. The predicted molar refractivity (Wildman–Crippen MR) is 90.7 cm³/mol. The number of aromatic nitrogens is 2. The van der Waals surface area contributed by atoms with Gasteiger partial charge in [0.15, 0.2) is 5.56 Å². The number of pyridine rings is 1. The number of carbonyl (C=O) groups excluding carboxylic acids is 1. The molecule has 0 aliphatic carbocycles. The van der Waals surface area contributed by atoms with Crippen LogP contribution >= 0.6 is 11.6 Å². The molecule has 1 aliphatic rings. The average molecular weight is 351 g/mol. The predicted octanol–water partition coefficient (Wildman–Crippen LogP) is 1.27. The van der Waals surface area contributed by atoms with Gasteiger partial charge in [-0.05, 0) is 38.1 Å². The summed E-state index contributed by atoms with van der Waals surface area (Å²) in [5.74, 6) is -1.19. The maximum Gasteiger partial charge on any atom is 0.274 e. The van der Waals surface area contributed by atoms with E-state index in [1.807, 2.05) is 0 Å². The van der Waals surface area contributed by atoms with E-state index in [0.29, 0.717) is 11.6 Å². The van der Waals surface area contributed by atoms with Crippen LogP contribution in [0.5, 0.6) is 5.88 Å². The summed E-state index contributed by atoms with van der Waals surface area (Å²) >= 11 is 5.89. The summed E-state index contributed by atoms with van der Waals surface area (Å²) in [6, 6.07) is 3.32. The van der Waals surface area contributed by atoms with Crippen LogP contribution < -0.4 is 10.9 Å². The third kappa shape index (κ3) is 3.09. The molecule has 2 N–H and O–H groups in total. The maximum absolute atomic E-state index is 12.5. The fraction of sp³-hybridized carbons (Fsp3) is 0.438. The van der Waals surface area contributed by atoms with Gasteiger partial charge >= 0.3 is 0 Å². The number of nitrogens with one attached hydrogen (secondary N) is 1. The molecule has 0 spiro atoms. The van der Waals surface area contributed by atoms with Gasteiger partial charge in [0.1, 0.15) is 5.65 Å². The van der Waals surface area contributed by atoms with E-state index in [-0.39, 0.29) is 17.3 Å². The Morgan fingerprint density at radius 3 is 3.04 bits per heavy atom. The number of fused-ring (bicyclic) bond motifs is 1. The summed E-state index contributed by atoms with van der Waals surface area (Å²) in [5.41, 5.74) is -0.779. The van der Waals surface area contributed by atoms with E-state index in [4.69, 9.17) is 11.6 Å². The number of nitrogens with zero attached hydrogens (tertiary/aromatic N) is 3. The smallest absolute Gasteiger partial charge is 0.274 e. The SMILES string of the molecule is CCN1CCCC1CNC(=O)c1c(O)nc2ccc(Cl)cn2c1=O. The third-order valence-corrected chi connectivity index (χ3v) is 4.62. The number of hydrogen-bond donors (Lipinski definition) is 2. The number of aromatic hydroxyl groups is 1. The summed E-state index contributed by atoms with van der Waals surface area (Å²) in [5, 5.41) is 13.1. The van der Waals surface area contributed by atoms with Gasteiger partial charge in [-0.15, -0.1) is 0 Å². The van der Waals surface area contributed by atoms with Gasteiger partial charge in [-0.3, -0.25) is 18.9 Å². The second-order valence-electron chi connectivity index (χ2n) is 5.83. The number of rotatable bonds is 4. The first-order chi connectivity index (χ1) is 11.5. The fourth-order valence-electron chi connectivity index (χ4n) is 3.14. The largest absolute Gasteiger partial charge is 0.493 e. The zero-order chi connectivity index (χ0) is 17.3. The zero-order valence-electron chi connectivity index (χ0n) is 13.3. The molecule has 3 rings (SSSR count). The molecule has 0 aromatic carbocycles. The minimum atomic E-state index is -0.642. The van der Waals surface area contributed by atoms with Crippen molar-refractivity contribution < 1.29 is 9.90 Å². The van der Waals surface area contributed by atoms with Gasteiger partial charge in [0.25, 0.3) is 11.5 Å². The second kappa shape index (κ2) is 6.78. The third-order valence-electron chi connectivity index (χ3n) is 4.40. The molecule has 128 valence electrons. The quantitative estimate of drug-likeness (QED) is 0.867. The van der Waals surface area contributed by atoms with Crippen molar-refractivity contribution in [2.45, 2.75) is 25.8 Å². The Morgan fingerprint density at radius 2 is 2.29 bits per heavy atom. The first-order valence-corrected chi connectivity index (χ1v) is 8.32. The van der Waals surface area contributed by atoms with Gasteiger partial charge in [-0.2, -0.15) is 4.98 Å². The van der Waals surface area contributed by atoms with Crippen molar-refractivity contribution in [1.29, 1.82) is 0 Å². The van der Waals surface area contributed by atoms with Crippen LogP contribution in [0.2, 0.25) is 5.02 Å². The molecule has 0 saturated carbocycles. The summed E-state index contributed by atoms with van der Waals surface area (Å²) in [6.07, 6.45) is 3.47. The lowest BCUT2D eigenvalue weighted by atomic mass is 10.2. The molecule has 2 aromatic heterocycles. The molecule has 24 heavy (non-hydrogen) atoms. The molecule has 1 fully saturated rings. The standard InChI is InChI=1S/C16H19ClN4O3/c1-2-20-7-3-4-11(20)8-18-14(22)13-15(23)19-12-6-5-10(17)9-21(12)16(13)24/h5-6,9,11,23H,2-4,7-8H2,1H3,(H,18,22). The van der Waals surface area contributed by atoms with Crippen molar-refractivity contribution >= 4 is 23.2 Å². The van der Waals surface area contributed by atoms with Gasteiger partial charge in [0.05, 0.1) is 5.02 Å². The molecule has 1 aliphatic heterocycles. The van der Waals surface area contributed by atoms with E-state index in [9.17, 15) is 14.7 Å². The average Bonchev–Trinajstić information content (AvgIpc) is 3.01. The normalized spacial score (nSPS) is 18.2. The minimum absolute atomic E-state index is 0.228. The van der Waals surface area contributed by atoms with Crippen LogP contribution in [-0.2, 0) is 0 Å². The van der Waals surface area contributed by atoms with Gasteiger partial charge in [0, 0.05) is 18.8 Å². The summed E-state index contributed by atoms with van der Waals surface area (Å²) in [4.78, 5) is 31.1. The van der Waals surface area contributed by atoms with Crippen LogP contribution in [0.4, 0.5) is 0 Å². The number of likely N-dealkylation sites (N-methyl/N-ethyl adjacent to an activating group) is 1. The van der Waals surface area contributed by atoms with Crippen molar-refractivity contribution in [3.63, 3.8) is 0 Å².